The van der Waals surface area contributed by atoms with Crippen LogP contribution in [0.1, 0.15) is 34.3 Å². The van der Waals surface area contributed by atoms with E-state index in [1.165, 1.54) is 20.3 Å². The van der Waals surface area contributed by atoms with Gasteiger partial charge in [0, 0.05) is 17.1 Å². The molecule has 0 bridgehead atoms. The summed E-state index contributed by atoms with van der Waals surface area (Å²) in [5.41, 5.74) is 1.07. The Hall–Kier alpha value is -3.02. The molecule has 0 saturated heterocycles. The summed E-state index contributed by atoms with van der Waals surface area (Å²) in [6, 6.07) is 5.41. The molecule has 25 heavy (non-hydrogen) atoms. The average molecular weight is 344 g/mol. The van der Waals surface area contributed by atoms with Crippen molar-refractivity contribution >= 4 is 11.9 Å². The normalized spacial score (nSPS) is 17.7. The third-order valence-corrected chi connectivity index (χ3v) is 4.38. The molecule has 0 amide bonds. The predicted octanol–water partition coefficient (Wildman–Crippen LogP) is 3.64. The van der Waals surface area contributed by atoms with Crippen LogP contribution in [0.3, 0.4) is 0 Å². The van der Waals surface area contributed by atoms with Gasteiger partial charge in [-0.1, -0.05) is 6.92 Å². The highest BCUT2D eigenvalue weighted by Crippen LogP contribution is 2.44. The number of ether oxygens (including phenoxy) is 2. The lowest BCUT2D eigenvalue weighted by atomic mass is 9.97. The molecule has 3 rings (SSSR count). The Balaban J connectivity index is 2.14. The van der Waals surface area contributed by atoms with Crippen LogP contribution in [0, 0.1) is 5.82 Å². The van der Waals surface area contributed by atoms with Gasteiger partial charge >= 0.3 is 0 Å². The van der Waals surface area contributed by atoms with E-state index in [2.05, 4.69) is 0 Å². The third kappa shape index (κ3) is 2.59. The zero-order valence-corrected chi connectivity index (χ0v) is 14.0. The predicted molar refractivity (Wildman–Crippen MR) is 90.0 cm³/mol. The molecule has 1 aliphatic carbocycles. The number of aromatic hydroxyl groups is 2. The van der Waals surface area contributed by atoms with Gasteiger partial charge in [-0.3, -0.25) is 4.79 Å². The monoisotopic (exact) mass is 344 g/mol. The molecule has 0 saturated carbocycles. The number of hydrogen-bond acceptors (Lipinski definition) is 5. The van der Waals surface area contributed by atoms with Crippen LogP contribution in [-0.2, 0) is 0 Å². The molecule has 130 valence electrons. The zero-order valence-electron chi connectivity index (χ0n) is 14.0. The van der Waals surface area contributed by atoms with Crippen LogP contribution in [-0.4, -0.2) is 30.2 Å². The number of phenols is 2. The molecule has 0 aromatic heterocycles. The molecule has 2 N–H and O–H groups in total. The topological polar surface area (TPSA) is 76.0 Å². The van der Waals surface area contributed by atoms with Gasteiger partial charge in [-0.25, -0.2) is 4.39 Å². The van der Waals surface area contributed by atoms with Crippen molar-refractivity contribution in [1.29, 1.82) is 0 Å². The number of methoxy groups -OCH3 is 2. The number of halogens is 1. The maximum Gasteiger partial charge on any atom is 0.200 e. The Labute approximate surface area is 143 Å². The minimum Gasteiger partial charge on any atom is -0.507 e. The van der Waals surface area contributed by atoms with Crippen LogP contribution in [0.2, 0.25) is 0 Å². The van der Waals surface area contributed by atoms with Crippen LogP contribution in [0.5, 0.6) is 23.0 Å². The molecule has 1 unspecified atom stereocenters. The lowest BCUT2D eigenvalue weighted by molar-refractivity contribution is 0.103. The first-order chi connectivity index (χ1) is 11.9. The van der Waals surface area contributed by atoms with E-state index in [4.69, 9.17) is 9.47 Å². The van der Waals surface area contributed by atoms with Crippen molar-refractivity contribution in [3.63, 3.8) is 0 Å². The van der Waals surface area contributed by atoms with Gasteiger partial charge in [0.2, 0.25) is 5.75 Å². The second-order valence-corrected chi connectivity index (χ2v) is 5.78. The summed E-state index contributed by atoms with van der Waals surface area (Å²) in [7, 11) is 2.80. The lowest BCUT2D eigenvalue weighted by Crippen LogP contribution is -1.98. The summed E-state index contributed by atoms with van der Waals surface area (Å²) in [5, 5.41) is 19.9. The first-order valence-corrected chi connectivity index (χ1v) is 7.61. The maximum atomic E-state index is 14.1. The van der Waals surface area contributed by atoms with E-state index in [1.54, 1.807) is 25.1 Å². The van der Waals surface area contributed by atoms with Crippen molar-refractivity contribution in [3.8, 4) is 23.0 Å². The number of carbonyl (C=O) groups is 1. The average Bonchev–Trinajstić information content (AvgIpc) is 2.85. The molecule has 2 aromatic rings. The zero-order chi connectivity index (χ0) is 18.3. The minimum atomic E-state index is -0.530. The molecule has 0 aliphatic heterocycles. The molecule has 1 atom stereocenters. The molecule has 1 aliphatic rings. The summed E-state index contributed by atoms with van der Waals surface area (Å²) in [6.07, 6.45) is 1.58. The van der Waals surface area contributed by atoms with E-state index < -0.39 is 17.5 Å². The molecule has 2 aromatic carbocycles. The number of carbonyl (C=O) groups excluding carboxylic acids is 1. The van der Waals surface area contributed by atoms with Crippen molar-refractivity contribution in [1.82, 2.24) is 0 Å². The van der Waals surface area contributed by atoms with Gasteiger partial charge in [0.15, 0.2) is 17.3 Å². The van der Waals surface area contributed by atoms with Gasteiger partial charge in [0.25, 0.3) is 0 Å². The van der Waals surface area contributed by atoms with Crippen molar-refractivity contribution in [2.75, 3.05) is 14.2 Å². The summed E-state index contributed by atoms with van der Waals surface area (Å²) in [4.78, 5) is 12.7. The third-order valence-electron chi connectivity index (χ3n) is 4.38. The number of fused-ring (bicyclic) bond motifs is 1. The van der Waals surface area contributed by atoms with Crippen molar-refractivity contribution in [2.24, 2.45) is 0 Å². The first-order valence-electron chi connectivity index (χ1n) is 7.61. The number of ketones is 1. The van der Waals surface area contributed by atoms with E-state index in [0.29, 0.717) is 11.1 Å². The summed E-state index contributed by atoms with van der Waals surface area (Å²) in [6.45, 7) is 1.70. The number of rotatable bonds is 3. The SMILES string of the molecule is COc1cc(/C=C2/C(=O)c3c(O)ccc(F)c3C2C)cc(OC)c1O. The van der Waals surface area contributed by atoms with Crippen LogP contribution in [0.4, 0.5) is 4.39 Å². The van der Waals surface area contributed by atoms with E-state index in [0.717, 1.165) is 6.07 Å². The van der Waals surface area contributed by atoms with E-state index in [-0.39, 0.29) is 34.1 Å². The number of benzene rings is 2. The fraction of sp³-hybridized carbons (Fsp3) is 0.211. The molecule has 0 radical (unpaired) electrons. The van der Waals surface area contributed by atoms with Gasteiger partial charge in [0.1, 0.15) is 11.6 Å². The smallest absolute Gasteiger partial charge is 0.200 e. The molecule has 0 fully saturated rings. The maximum absolute atomic E-state index is 14.1. The number of Topliss-reactive ketones (excluding diaryl/α,β-unsaturated/α-hetero) is 1. The Morgan fingerprint density at radius 3 is 2.24 bits per heavy atom. The van der Waals surface area contributed by atoms with Crippen molar-refractivity contribution < 1.29 is 28.9 Å². The molecule has 0 spiro atoms. The largest absolute Gasteiger partial charge is 0.507 e. The minimum absolute atomic E-state index is 0.00328. The molecule has 5 nitrogen and oxygen atoms in total. The standard InChI is InChI=1S/C19H17FO5/c1-9-11(18(22)17-13(21)5-4-12(20)16(9)17)6-10-7-14(24-2)19(23)15(8-10)25-3/h4-9,21,23H,1-3H3/b11-6+. The second-order valence-electron chi connectivity index (χ2n) is 5.78. The van der Waals surface area contributed by atoms with E-state index in [9.17, 15) is 19.4 Å². The Morgan fingerprint density at radius 2 is 1.72 bits per heavy atom. The highest BCUT2D eigenvalue weighted by Gasteiger charge is 2.36. The van der Waals surface area contributed by atoms with Crippen LogP contribution < -0.4 is 9.47 Å². The van der Waals surface area contributed by atoms with Gasteiger partial charge in [-0.05, 0) is 35.9 Å². The van der Waals surface area contributed by atoms with Gasteiger partial charge in [0.05, 0.1) is 19.8 Å². The summed E-state index contributed by atoms with van der Waals surface area (Å²) in [5.74, 6) is -1.47. The second kappa shape index (κ2) is 6.12. The van der Waals surface area contributed by atoms with Gasteiger partial charge in [-0.15, -0.1) is 0 Å². The van der Waals surface area contributed by atoms with E-state index >= 15 is 0 Å². The van der Waals surface area contributed by atoms with Crippen LogP contribution >= 0.6 is 0 Å². The fourth-order valence-corrected chi connectivity index (χ4v) is 3.11. The Morgan fingerprint density at radius 1 is 1.12 bits per heavy atom. The van der Waals surface area contributed by atoms with Crippen LogP contribution in [0.25, 0.3) is 6.08 Å². The molecule has 0 heterocycles. The summed E-state index contributed by atoms with van der Waals surface area (Å²) < 4.78 is 24.3. The Bertz CT molecular complexity index is 876. The first kappa shape index (κ1) is 16.8. The lowest BCUT2D eigenvalue weighted by Gasteiger charge is -2.11. The number of allylic oxidation sites excluding steroid dienone is 1. The van der Waals surface area contributed by atoms with Crippen molar-refractivity contribution in [2.45, 2.75) is 12.8 Å². The quantitative estimate of drug-likeness (QED) is 0.832. The Kier molecular flexibility index (Phi) is 4.12. The van der Waals surface area contributed by atoms with Crippen LogP contribution in [0.15, 0.2) is 29.8 Å². The molecular formula is C19H17FO5. The highest BCUT2D eigenvalue weighted by molar-refractivity contribution is 6.18. The molecular weight excluding hydrogens is 327 g/mol. The van der Waals surface area contributed by atoms with Crippen molar-refractivity contribution in [3.05, 3.63) is 52.3 Å². The summed E-state index contributed by atoms with van der Waals surface area (Å²) >= 11 is 0. The van der Waals surface area contributed by atoms with Gasteiger partial charge in [-0.2, -0.15) is 0 Å². The highest BCUT2D eigenvalue weighted by atomic mass is 19.1. The fourth-order valence-electron chi connectivity index (χ4n) is 3.11. The number of hydrogen-bond donors (Lipinski definition) is 2. The molecule has 6 heteroatoms. The number of phenolic OH excluding ortho intramolecular Hbond substituents is 2. The van der Waals surface area contributed by atoms with E-state index in [1.807, 2.05) is 0 Å². The van der Waals surface area contributed by atoms with Gasteiger partial charge < -0.3 is 19.7 Å².